The van der Waals surface area contributed by atoms with Gasteiger partial charge in [0.05, 0.1) is 16.8 Å². The monoisotopic (exact) mass is 473 g/mol. The normalized spacial score (nSPS) is 12.1. The van der Waals surface area contributed by atoms with Crippen molar-refractivity contribution in [2.45, 2.75) is 19.8 Å². The van der Waals surface area contributed by atoms with Gasteiger partial charge in [-0.05, 0) is 43.7 Å². The molecule has 0 saturated heterocycles. The lowest BCUT2D eigenvalue weighted by atomic mass is 9.80. The largest absolute Gasteiger partial charge is 0.349 e. The summed E-state index contributed by atoms with van der Waals surface area (Å²) in [6.45, 7) is 4.05. The van der Waals surface area contributed by atoms with Crippen LogP contribution in [0.1, 0.15) is 38.5 Å². The molecule has 0 spiro atoms. The predicted molar refractivity (Wildman–Crippen MR) is 149 cm³/mol. The van der Waals surface area contributed by atoms with Crippen LogP contribution in [-0.2, 0) is 0 Å². The van der Waals surface area contributed by atoms with Crippen LogP contribution in [0.5, 0.6) is 0 Å². The molecule has 0 aromatic heterocycles. The number of carbonyl (C=O) groups excluding carboxylic acids is 1. The average Bonchev–Trinajstić information content (AvgIpc) is 2.88. The second-order valence-electron chi connectivity index (χ2n) is 8.59. The third-order valence-corrected chi connectivity index (χ3v) is 6.21. The van der Waals surface area contributed by atoms with Gasteiger partial charge in [0.15, 0.2) is 5.78 Å². The number of anilines is 1. The molecule has 2 nitrogen and oxygen atoms in total. The van der Waals surface area contributed by atoms with Crippen LogP contribution in [0, 0.1) is 31.6 Å². The lowest BCUT2D eigenvalue weighted by Gasteiger charge is -2.25. The number of ketones is 1. The van der Waals surface area contributed by atoms with Crippen molar-refractivity contribution in [3.8, 4) is 11.8 Å². The van der Waals surface area contributed by atoms with Crippen molar-refractivity contribution in [1.82, 2.24) is 0 Å². The van der Waals surface area contributed by atoms with Crippen molar-refractivity contribution < 1.29 is 4.79 Å². The van der Waals surface area contributed by atoms with Crippen LogP contribution in [0.25, 0.3) is 0 Å². The van der Waals surface area contributed by atoms with Crippen molar-refractivity contribution in [3.05, 3.63) is 137 Å². The summed E-state index contributed by atoms with van der Waals surface area (Å²) in [5, 5.41) is 3.31. The Morgan fingerprint density at radius 1 is 0.743 bits per heavy atom. The van der Waals surface area contributed by atoms with E-state index in [2.05, 4.69) is 17.2 Å². The maximum absolute atomic E-state index is 14.0. The molecule has 0 fully saturated rings. The highest BCUT2D eigenvalue weighted by molar-refractivity contribution is 7.80. The zero-order chi connectivity index (χ0) is 24.6. The van der Waals surface area contributed by atoms with Crippen LogP contribution in [0.3, 0.4) is 0 Å². The van der Waals surface area contributed by atoms with Gasteiger partial charge in [0, 0.05) is 16.8 Å². The molecule has 0 radical (unpaired) electrons. The van der Waals surface area contributed by atoms with E-state index in [4.69, 9.17) is 12.2 Å². The van der Waals surface area contributed by atoms with Crippen molar-refractivity contribution >= 4 is 28.7 Å². The van der Waals surface area contributed by atoms with Gasteiger partial charge >= 0.3 is 0 Å². The minimum atomic E-state index is -0.660. The predicted octanol–water partition coefficient (Wildman–Crippen LogP) is 7.38. The molecule has 0 saturated carbocycles. The Hall–Kier alpha value is -4.00. The fourth-order valence-corrected chi connectivity index (χ4v) is 4.24. The van der Waals surface area contributed by atoms with E-state index in [0.29, 0.717) is 10.6 Å². The molecule has 2 atom stereocenters. The number of rotatable bonds is 6. The molecule has 172 valence electrons. The summed E-state index contributed by atoms with van der Waals surface area (Å²) in [7, 11) is 0. The highest BCUT2D eigenvalue weighted by Crippen LogP contribution is 2.30. The number of hydrogen-bond acceptors (Lipinski definition) is 2. The van der Waals surface area contributed by atoms with Crippen LogP contribution >= 0.6 is 12.2 Å². The zero-order valence-electron chi connectivity index (χ0n) is 19.9. The van der Waals surface area contributed by atoms with E-state index in [1.165, 1.54) is 0 Å². The number of Topliss-reactive ketones (excluding diaryl/α,β-unsaturated/α-hetero) is 1. The number of aryl methyl sites for hydroxylation is 2. The second-order valence-corrected chi connectivity index (χ2v) is 9.03. The van der Waals surface area contributed by atoms with Gasteiger partial charge in [0.1, 0.15) is 0 Å². The van der Waals surface area contributed by atoms with Gasteiger partial charge in [-0.2, -0.15) is 0 Å². The first-order valence-corrected chi connectivity index (χ1v) is 12.0. The van der Waals surface area contributed by atoms with E-state index in [9.17, 15) is 4.79 Å². The Bertz CT molecular complexity index is 1350. The van der Waals surface area contributed by atoms with Gasteiger partial charge in [-0.1, -0.05) is 120 Å². The molecule has 0 bridgehead atoms. The van der Waals surface area contributed by atoms with E-state index in [0.717, 1.165) is 27.9 Å². The Kier molecular flexibility index (Phi) is 7.88. The maximum Gasteiger partial charge on any atom is 0.174 e. The Morgan fingerprint density at radius 2 is 1.29 bits per heavy atom. The summed E-state index contributed by atoms with van der Waals surface area (Å²) in [4.78, 5) is 14.4. The number of nitrogens with one attached hydrogen (secondary N) is 1. The number of thiocarbonyl (C=S) groups is 1. The third-order valence-electron chi connectivity index (χ3n) is 5.86. The van der Waals surface area contributed by atoms with E-state index < -0.39 is 11.8 Å². The van der Waals surface area contributed by atoms with Crippen molar-refractivity contribution in [1.29, 1.82) is 0 Å². The summed E-state index contributed by atoms with van der Waals surface area (Å²) >= 11 is 5.89. The van der Waals surface area contributed by atoms with Gasteiger partial charge in [-0.3, -0.25) is 4.79 Å². The molecule has 2 unspecified atom stereocenters. The summed E-state index contributed by atoms with van der Waals surface area (Å²) in [5.41, 5.74) is 5.57. The molecular formula is C32H27NOS. The minimum Gasteiger partial charge on any atom is -0.349 e. The number of benzene rings is 4. The molecule has 0 aliphatic rings. The number of para-hydroxylation sites is 1. The highest BCUT2D eigenvalue weighted by atomic mass is 32.1. The molecule has 35 heavy (non-hydrogen) atoms. The van der Waals surface area contributed by atoms with Crippen LogP contribution in [0.4, 0.5) is 5.69 Å². The molecular weight excluding hydrogens is 446 g/mol. The summed E-state index contributed by atoms with van der Waals surface area (Å²) in [5.74, 6) is 5.55. The van der Waals surface area contributed by atoms with E-state index in [1.807, 2.05) is 123 Å². The number of carbonyl (C=O) groups is 1. The van der Waals surface area contributed by atoms with Crippen molar-refractivity contribution in [3.63, 3.8) is 0 Å². The molecule has 0 heterocycles. The Balaban J connectivity index is 1.81. The van der Waals surface area contributed by atoms with Gasteiger partial charge < -0.3 is 5.32 Å². The summed E-state index contributed by atoms with van der Waals surface area (Å²) in [6, 6.07) is 35.4. The number of hydrogen-bond donors (Lipinski definition) is 1. The Labute approximate surface area is 213 Å². The fourth-order valence-electron chi connectivity index (χ4n) is 3.88. The lowest BCUT2D eigenvalue weighted by Crippen LogP contribution is -2.33. The van der Waals surface area contributed by atoms with Crippen LogP contribution in [0.15, 0.2) is 109 Å². The zero-order valence-corrected chi connectivity index (χ0v) is 20.7. The van der Waals surface area contributed by atoms with Gasteiger partial charge in [-0.25, -0.2) is 0 Å². The van der Waals surface area contributed by atoms with E-state index >= 15 is 0 Å². The smallest absolute Gasteiger partial charge is 0.174 e. The minimum absolute atomic E-state index is 0.0497. The molecule has 0 aliphatic carbocycles. The molecule has 3 heteroatoms. The standard InChI is InChI=1S/C32H27NOS/c1-23-13-18-26(19-14-23)29(22-17-25-9-5-3-6-10-25)30(31(34)27-20-15-24(2)16-21-27)32(35)33-28-11-7-4-8-12-28/h3-16,18-21,29-30H,1-2H3,(H,33,35). The molecule has 4 aromatic rings. The topological polar surface area (TPSA) is 29.1 Å². The van der Waals surface area contributed by atoms with Crippen LogP contribution in [-0.4, -0.2) is 10.8 Å². The Morgan fingerprint density at radius 3 is 1.89 bits per heavy atom. The first kappa shape index (κ1) is 24.1. The van der Waals surface area contributed by atoms with E-state index in [1.54, 1.807) is 0 Å². The SMILES string of the molecule is Cc1ccc(C(=O)C(C(=S)Nc2ccccc2)C(C#Cc2ccccc2)c2ccc(C)cc2)cc1. The van der Waals surface area contributed by atoms with Crippen molar-refractivity contribution in [2.24, 2.45) is 5.92 Å². The van der Waals surface area contributed by atoms with Crippen LogP contribution < -0.4 is 5.32 Å². The molecule has 0 amide bonds. The van der Waals surface area contributed by atoms with Crippen molar-refractivity contribution in [2.75, 3.05) is 5.32 Å². The van der Waals surface area contributed by atoms with E-state index in [-0.39, 0.29) is 5.78 Å². The molecule has 4 rings (SSSR count). The first-order chi connectivity index (χ1) is 17.0. The van der Waals surface area contributed by atoms with Gasteiger partial charge in [0.2, 0.25) is 0 Å². The average molecular weight is 474 g/mol. The molecule has 0 aliphatic heterocycles. The lowest BCUT2D eigenvalue weighted by molar-refractivity contribution is 0.0949. The third kappa shape index (κ3) is 6.32. The maximum atomic E-state index is 14.0. The summed E-state index contributed by atoms with van der Waals surface area (Å²) in [6.07, 6.45) is 0. The second kappa shape index (κ2) is 11.4. The fraction of sp³-hybridized carbons (Fsp3) is 0.125. The van der Waals surface area contributed by atoms with Gasteiger partial charge in [0.25, 0.3) is 0 Å². The van der Waals surface area contributed by atoms with Gasteiger partial charge in [-0.15, -0.1) is 0 Å². The quantitative estimate of drug-likeness (QED) is 0.180. The highest BCUT2D eigenvalue weighted by Gasteiger charge is 2.33. The summed E-state index contributed by atoms with van der Waals surface area (Å²) < 4.78 is 0. The molecule has 4 aromatic carbocycles. The first-order valence-electron chi connectivity index (χ1n) is 11.6. The van der Waals surface area contributed by atoms with Crippen LogP contribution in [0.2, 0.25) is 0 Å². The molecule has 1 N–H and O–H groups in total.